The minimum Gasteiger partial charge on any atom is -0.395 e. The van der Waals surface area contributed by atoms with Gasteiger partial charge < -0.3 is 29.5 Å². The molecule has 2 saturated heterocycles. The molecule has 3 aromatic rings. The first kappa shape index (κ1) is 28.7. The van der Waals surface area contributed by atoms with Gasteiger partial charge >= 0.3 is 0 Å². The number of nitrogens with zero attached hydrogens (tertiary/aromatic N) is 4. The molecule has 0 aliphatic carbocycles. The summed E-state index contributed by atoms with van der Waals surface area (Å²) in [5.41, 5.74) is 1.79. The fourth-order valence-corrected chi connectivity index (χ4v) is 9.61. The van der Waals surface area contributed by atoms with Crippen LogP contribution in [0.3, 0.4) is 0 Å². The molecule has 10 nitrogen and oxygen atoms in total. The zero-order valence-corrected chi connectivity index (χ0v) is 25.1. The van der Waals surface area contributed by atoms with Gasteiger partial charge in [-0.3, -0.25) is 14.3 Å². The van der Waals surface area contributed by atoms with Crippen molar-refractivity contribution >= 4 is 31.6 Å². The van der Waals surface area contributed by atoms with Crippen molar-refractivity contribution in [3.05, 3.63) is 71.5 Å². The van der Waals surface area contributed by atoms with Gasteiger partial charge in [-0.05, 0) is 43.3 Å². The van der Waals surface area contributed by atoms with E-state index in [1.165, 1.54) is 0 Å². The second-order valence-corrected chi connectivity index (χ2v) is 15.8. The summed E-state index contributed by atoms with van der Waals surface area (Å²) < 4.78 is 24.4. The Hall–Kier alpha value is -3.45. The third kappa shape index (κ3) is 4.85. The van der Waals surface area contributed by atoms with E-state index in [2.05, 4.69) is 20.9 Å². The van der Waals surface area contributed by atoms with Gasteiger partial charge in [0.15, 0.2) is 5.60 Å². The Bertz CT molecular complexity index is 1480. The first-order chi connectivity index (χ1) is 20.1. The van der Waals surface area contributed by atoms with Crippen molar-refractivity contribution in [3.63, 3.8) is 0 Å². The molecule has 0 bridgehead atoms. The van der Waals surface area contributed by atoms with Gasteiger partial charge in [-0.15, -0.1) is 5.10 Å². The average Bonchev–Trinajstić information content (AvgIpc) is 3.63. The van der Waals surface area contributed by atoms with Gasteiger partial charge in [0.25, 0.3) is 5.91 Å². The van der Waals surface area contributed by atoms with E-state index in [1.54, 1.807) is 22.7 Å². The topological polar surface area (TPSA) is 122 Å². The van der Waals surface area contributed by atoms with Gasteiger partial charge in [0.1, 0.15) is 0 Å². The number of aryl methyl sites for hydroxylation is 1. The number of carbonyl (C=O) groups excluding carboxylic acids is 2. The summed E-state index contributed by atoms with van der Waals surface area (Å²) in [5, 5.41) is 24.7. The SMILES string of the molecule is C[C@H]1[C@H]([Si](C)(C)F)[C@@H](CCn2cc(C(CO)c3ccccc3)nn2)O[C@]12C(=O)Nc1ccc(N3CCNCC3=O)cc12. The van der Waals surface area contributed by atoms with Crippen LogP contribution in [0.5, 0.6) is 0 Å². The quantitative estimate of drug-likeness (QED) is 0.271. The predicted octanol–water partition coefficient (Wildman–Crippen LogP) is 3.16. The summed E-state index contributed by atoms with van der Waals surface area (Å²) >= 11 is 0. The summed E-state index contributed by atoms with van der Waals surface area (Å²) in [7, 11) is -3.31. The van der Waals surface area contributed by atoms with Crippen molar-refractivity contribution in [1.82, 2.24) is 20.3 Å². The number of piperazine rings is 1. The number of amides is 2. The van der Waals surface area contributed by atoms with Gasteiger partial charge in [0.05, 0.1) is 30.9 Å². The van der Waals surface area contributed by atoms with Crippen LogP contribution in [0.4, 0.5) is 15.5 Å². The molecule has 1 unspecified atom stereocenters. The first-order valence-electron chi connectivity index (χ1n) is 14.5. The molecule has 4 heterocycles. The van der Waals surface area contributed by atoms with E-state index in [0.717, 1.165) is 5.56 Å². The summed E-state index contributed by atoms with van der Waals surface area (Å²) in [4.78, 5) is 28.0. The highest BCUT2D eigenvalue weighted by Gasteiger charge is 2.65. The maximum absolute atomic E-state index is 16.0. The first-order valence-corrected chi connectivity index (χ1v) is 17.5. The monoisotopic (exact) mass is 592 g/mol. The van der Waals surface area contributed by atoms with Crippen LogP contribution in [-0.2, 0) is 26.5 Å². The second kappa shape index (κ2) is 11.0. The van der Waals surface area contributed by atoms with E-state index in [9.17, 15) is 14.7 Å². The number of hydrogen-bond acceptors (Lipinski definition) is 7. The van der Waals surface area contributed by atoms with E-state index in [-0.39, 0.29) is 30.9 Å². The Morgan fingerprint density at radius 3 is 2.71 bits per heavy atom. The third-order valence-electron chi connectivity index (χ3n) is 9.04. The Morgan fingerprint density at radius 1 is 1.21 bits per heavy atom. The number of carbonyl (C=O) groups is 2. The van der Waals surface area contributed by atoms with Crippen LogP contribution < -0.4 is 15.5 Å². The number of ether oxygens (including phenoxy) is 1. The van der Waals surface area contributed by atoms with Gasteiger partial charge in [-0.25, -0.2) is 0 Å². The maximum Gasteiger partial charge on any atom is 0.261 e. The number of rotatable bonds is 8. The molecule has 1 spiro atoms. The van der Waals surface area contributed by atoms with Crippen molar-refractivity contribution in [2.45, 2.75) is 56.1 Å². The molecule has 222 valence electrons. The highest BCUT2D eigenvalue weighted by molar-refractivity contribution is 6.72. The molecule has 3 N–H and O–H groups in total. The molecule has 2 amide bonds. The Kier molecular flexibility index (Phi) is 7.50. The van der Waals surface area contributed by atoms with Crippen LogP contribution in [0.25, 0.3) is 0 Å². The summed E-state index contributed by atoms with van der Waals surface area (Å²) in [6, 6.07) is 15.2. The molecular formula is C30H37FN6O4Si. The standard InChI is InChI=1S/C30H37FN6O4Si/c1-19-28(42(2,3)31)26(11-13-36-17-25(34-35-36)22(18-38)20-7-5-4-6-8-20)41-30(19)23-15-21(9-10-24(23)33-29(30)40)37-14-12-32-16-27(37)39/h4-10,15,17,19,22,26,28,32,38H,11-14,16,18H2,1-3H3,(H,33,40)/t19-,22?,26+,28-,30+/m0/s1. The number of anilines is 2. The Balaban J connectivity index is 1.27. The van der Waals surface area contributed by atoms with Crippen molar-refractivity contribution in [2.24, 2.45) is 5.92 Å². The number of benzene rings is 2. The van der Waals surface area contributed by atoms with Crippen molar-refractivity contribution in [3.8, 4) is 0 Å². The van der Waals surface area contributed by atoms with E-state index in [0.29, 0.717) is 48.7 Å². The third-order valence-corrected chi connectivity index (χ3v) is 11.5. The Morgan fingerprint density at radius 2 is 2.00 bits per heavy atom. The lowest BCUT2D eigenvalue weighted by atomic mass is 9.82. The van der Waals surface area contributed by atoms with Crippen molar-refractivity contribution in [2.75, 3.05) is 36.5 Å². The molecule has 12 heteroatoms. The molecule has 2 fully saturated rings. The zero-order chi connectivity index (χ0) is 29.6. The molecule has 3 aliphatic heterocycles. The molecule has 0 radical (unpaired) electrons. The lowest BCUT2D eigenvalue weighted by Crippen LogP contribution is -2.48. The number of hydrogen-bond donors (Lipinski definition) is 3. The second-order valence-electron chi connectivity index (χ2n) is 12.0. The number of fused-ring (bicyclic) bond motifs is 2. The van der Waals surface area contributed by atoms with Gasteiger partial charge in [0.2, 0.25) is 14.3 Å². The highest BCUT2D eigenvalue weighted by Crippen LogP contribution is 2.59. The summed E-state index contributed by atoms with van der Waals surface area (Å²) in [5.74, 6) is -1.06. The molecule has 6 rings (SSSR count). The Labute approximate surface area is 245 Å². The fraction of sp³-hybridized carbons (Fsp3) is 0.467. The fourth-order valence-electron chi connectivity index (χ4n) is 7.07. The van der Waals surface area contributed by atoms with Gasteiger partial charge in [-0.2, -0.15) is 0 Å². The molecule has 1 aromatic heterocycles. The summed E-state index contributed by atoms with van der Waals surface area (Å²) in [6.45, 7) is 7.03. The zero-order valence-electron chi connectivity index (χ0n) is 24.1. The number of halogens is 1. The minimum atomic E-state index is -3.31. The molecule has 3 aliphatic rings. The lowest BCUT2D eigenvalue weighted by Gasteiger charge is -2.31. The number of aromatic nitrogens is 3. The van der Waals surface area contributed by atoms with Crippen LogP contribution >= 0.6 is 0 Å². The normalized spacial score (nSPS) is 26.5. The van der Waals surface area contributed by atoms with Crippen molar-refractivity contribution < 1.29 is 23.5 Å². The highest BCUT2D eigenvalue weighted by atomic mass is 28.4. The molecule has 42 heavy (non-hydrogen) atoms. The maximum atomic E-state index is 16.0. The summed E-state index contributed by atoms with van der Waals surface area (Å²) in [6.07, 6.45) is 1.72. The predicted molar refractivity (Wildman–Crippen MR) is 158 cm³/mol. The van der Waals surface area contributed by atoms with Crippen LogP contribution in [0.1, 0.15) is 36.1 Å². The van der Waals surface area contributed by atoms with E-state index < -0.39 is 31.6 Å². The largest absolute Gasteiger partial charge is 0.395 e. The van der Waals surface area contributed by atoms with E-state index in [1.807, 2.05) is 61.7 Å². The van der Waals surface area contributed by atoms with Crippen molar-refractivity contribution in [1.29, 1.82) is 0 Å². The molecular weight excluding hydrogens is 555 g/mol. The van der Waals surface area contributed by atoms with Crippen LogP contribution in [0.15, 0.2) is 54.7 Å². The molecule has 0 saturated carbocycles. The van der Waals surface area contributed by atoms with Crippen LogP contribution in [-0.4, -0.2) is 72.7 Å². The van der Waals surface area contributed by atoms with Crippen LogP contribution in [0, 0.1) is 5.92 Å². The van der Waals surface area contributed by atoms with Crippen LogP contribution in [0.2, 0.25) is 18.6 Å². The number of aliphatic hydroxyl groups is 1. The van der Waals surface area contributed by atoms with E-state index in [4.69, 9.17) is 4.74 Å². The molecule has 5 atom stereocenters. The number of aliphatic hydroxyl groups excluding tert-OH is 1. The van der Waals surface area contributed by atoms with E-state index >= 15 is 4.11 Å². The number of nitrogens with one attached hydrogen (secondary N) is 2. The lowest BCUT2D eigenvalue weighted by molar-refractivity contribution is -0.143. The smallest absolute Gasteiger partial charge is 0.261 e. The van der Waals surface area contributed by atoms with Gasteiger partial charge in [-0.1, -0.05) is 42.5 Å². The van der Waals surface area contributed by atoms with Gasteiger partial charge in [0, 0.05) is 54.2 Å². The molecule has 2 aromatic carbocycles. The average molecular weight is 593 g/mol. The minimum absolute atomic E-state index is 0.0381.